The van der Waals surface area contributed by atoms with Crippen LogP contribution < -0.4 is 5.32 Å². The van der Waals surface area contributed by atoms with Gasteiger partial charge in [-0.05, 0) is 43.0 Å². The van der Waals surface area contributed by atoms with Crippen LogP contribution in [0.4, 0.5) is 4.39 Å². The molecule has 0 amide bonds. The minimum absolute atomic E-state index is 0.210. The van der Waals surface area contributed by atoms with E-state index >= 15 is 0 Å². The number of rotatable bonds is 6. The average Bonchev–Trinajstić information content (AvgIpc) is 2.23. The van der Waals surface area contributed by atoms with Gasteiger partial charge < -0.3 is 5.32 Å². The number of hydrogen-bond acceptors (Lipinski definition) is 1. The number of nitrogens with one attached hydrogen (secondary N) is 1. The predicted molar refractivity (Wildman–Crippen MR) is 72.0 cm³/mol. The molecular formula is C14H21ClFN. The molecular weight excluding hydrogens is 237 g/mol. The van der Waals surface area contributed by atoms with Gasteiger partial charge in [0.15, 0.2) is 0 Å². The molecule has 1 aromatic carbocycles. The van der Waals surface area contributed by atoms with Gasteiger partial charge in [-0.2, -0.15) is 0 Å². The molecule has 0 saturated carbocycles. The summed E-state index contributed by atoms with van der Waals surface area (Å²) in [6.45, 7) is 7.47. The molecule has 3 heteroatoms. The molecule has 0 aliphatic heterocycles. The molecule has 0 saturated heterocycles. The normalized spacial score (nSPS) is 13.1. The maximum atomic E-state index is 13.0. The molecule has 0 bridgehead atoms. The first-order valence-electron chi connectivity index (χ1n) is 6.20. The quantitative estimate of drug-likeness (QED) is 0.811. The fourth-order valence-electron chi connectivity index (χ4n) is 2.05. The molecule has 1 atom stereocenters. The molecule has 0 aliphatic rings. The van der Waals surface area contributed by atoms with Crippen molar-refractivity contribution in [3.8, 4) is 0 Å². The van der Waals surface area contributed by atoms with Crippen LogP contribution in [0.3, 0.4) is 0 Å². The second kappa shape index (κ2) is 6.97. The second-order valence-electron chi connectivity index (χ2n) is 4.84. The summed E-state index contributed by atoms with van der Waals surface area (Å²) in [6, 6.07) is 5.41. The third-order valence-corrected chi connectivity index (χ3v) is 3.00. The predicted octanol–water partition coefficient (Wildman–Crippen LogP) is 4.05. The van der Waals surface area contributed by atoms with Crippen molar-refractivity contribution in [3.05, 3.63) is 34.6 Å². The highest BCUT2D eigenvalue weighted by molar-refractivity contribution is 6.30. The summed E-state index contributed by atoms with van der Waals surface area (Å²) >= 11 is 5.78. The van der Waals surface area contributed by atoms with Gasteiger partial charge in [-0.3, -0.25) is 0 Å². The number of hydrogen-bond donors (Lipinski definition) is 1. The molecule has 1 aromatic rings. The Morgan fingerprint density at radius 2 is 2.06 bits per heavy atom. The standard InChI is InChI=1S/C14H21ClFN/c1-4-17-12(7-10(2)3)8-11-5-6-14(16)13(15)9-11/h5-6,9-10,12,17H,4,7-8H2,1-3H3. The maximum absolute atomic E-state index is 13.0. The Balaban J connectivity index is 2.67. The molecule has 96 valence electrons. The molecule has 0 aliphatic carbocycles. The Morgan fingerprint density at radius 1 is 1.35 bits per heavy atom. The molecule has 0 radical (unpaired) electrons. The first kappa shape index (κ1) is 14.5. The fourth-order valence-corrected chi connectivity index (χ4v) is 2.25. The SMILES string of the molecule is CCNC(Cc1ccc(F)c(Cl)c1)CC(C)C. The Labute approximate surface area is 108 Å². The molecule has 1 unspecified atom stereocenters. The molecule has 0 fully saturated rings. The van der Waals surface area contributed by atoms with E-state index in [1.165, 1.54) is 6.07 Å². The highest BCUT2D eigenvalue weighted by atomic mass is 35.5. The number of halogens is 2. The van der Waals surface area contributed by atoms with E-state index in [-0.39, 0.29) is 10.8 Å². The average molecular weight is 258 g/mol. The van der Waals surface area contributed by atoms with Crippen molar-refractivity contribution in [1.82, 2.24) is 5.32 Å². The van der Waals surface area contributed by atoms with Crippen LogP contribution in [-0.2, 0) is 6.42 Å². The lowest BCUT2D eigenvalue weighted by atomic mass is 9.97. The van der Waals surface area contributed by atoms with Gasteiger partial charge in [0.25, 0.3) is 0 Å². The lowest BCUT2D eigenvalue weighted by Gasteiger charge is -2.20. The van der Waals surface area contributed by atoms with Gasteiger partial charge in [-0.15, -0.1) is 0 Å². The highest BCUT2D eigenvalue weighted by Gasteiger charge is 2.11. The Hall–Kier alpha value is -0.600. The van der Waals surface area contributed by atoms with Crippen molar-refractivity contribution in [2.24, 2.45) is 5.92 Å². The Kier molecular flexibility index (Phi) is 5.93. The molecule has 17 heavy (non-hydrogen) atoms. The van der Waals surface area contributed by atoms with E-state index in [2.05, 4.69) is 26.1 Å². The van der Waals surface area contributed by atoms with Crippen molar-refractivity contribution in [2.75, 3.05) is 6.54 Å². The number of likely N-dealkylation sites (N-methyl/N-ethyl adjacent to an activating group) is 1. The Bertz CT molecular complexity index is 352. The van der Waals surface area contributed by atoms with Crippen molar-refractivity contribution in [2.45, 2.75) is 39.7 Å². The van der Waals surface area contributed by atoms with Crippen LogP contribution in [-0.4, -0.2) is 12.6 Å². The summed E-state index contributed by atoms with van der Waals surface area (Å²) < 4.78 is 13.0. The van der Waals surface area contributed by atoms with Crippen molar-refractivity contribution in [1.29, 1.82) is 0 Å². The van der Waals surface area contributed by atoms with Crippen LogP contribution in [0.1, 0.15) is 32.8 Å². The van der Waals surface area contributed by atoms with E-state index in [1.54, 1.807) is 6.07 Å². The van der Waals surface area contributed by atoms with Crippen LogP contribution in [0.25, 0.3) is 0 Å². The molecule has 1 nitrogen and oxygen atoms in total. The van der Waals surface area contributed by atoms with Gasteiger partial charge in [0.2, 0.25) is 0 Å². The van der Waals surface area contributed by atoms with E-state index in [4.69, 9.17) is 11.6 Å². The lowest BCUT2D eigenvalue weighted by molar-refractivity contribution is 0.423. The van der Waals surface area contributed by atoms with E-state index < -0.39 is 0 Å². The molecule has 0 aromatic heterocycles. The van der Waals surface area contributed by atoms with Gasteiger partial charge in [0.05, 0.1) is 5.02 Å². The van der Waals surface area contributed by atoms with E-state index in [0.29, 0.717) is 12.0 Å². The largest absolute Gasteiger partial charge is 0.314 e. The summed E-state index contributed by atoms with van der Waals surface area (Å²) in [6.07, 6.45) is 2.01. The summed E-state index contributed by atoms with van der Waals surface area (Å²) in [5.41, 5.74) is 1.09. The van der Waals surface area contributed by atoms with Gasteiger partial charge in [0.1, 0.15) is 5.82 Å². The van der Waals surface area contributed by atoms with Gasteiger partial charge >= 0.3 is 0 Å². The summed E-state index contributed by atoms with van der Waals surface area (Å²) in [4.78, 5) is 0. The van der Waals surface area contributed by atoms with Crippen molar-refractivity contribution in [3.63, 3.8) is 0 Å². The summed E-state index contributed by atoms with van der Waals surface area (Å²) in [5.74, 6) is 0.300. The van der Waals surface area contributed by atoms with E-state index in [9.17, 15) is 4.39 Å². The zero-order chi connectivity index (χ0) is 12.8. The smallest absolute Gasteiger partial charge is 0.141 e. The minimum atomic E-state index is -0.348. The van der Waals surface area contributed by atoms with Gasteiger partial charge in [-0.1, -0.05) is 38.4 Å². The fraction of sp³-hybridized carbons (Fsp3) is 0.571. The second-order valence-corrected chi connectivity index (χ2v) is 5.24. The summed E-state index contributed by atoms with van der Waals surface area (Å²) in [7, 11) is 0. The van der Waals surface area contributed by atoms with Crippen LogP contribution >= 0.6 is 11.6 Å². The zero-order valence-corrected chi connectivity index (χ0v) is 11.5. The van der Waals surface area contributed by atoms with Gasteiger partial charge in [0, 0.05) is 6.04 Å². The monoisotopic (exact) mass is 257 g/mol. The van der Waals surface area contributed by atoms with E-state index in [1.807, 2.05) is 6.07 Å². The van der Waals surface area contributed by atoms with Crippen LogP contribution in [0, 0.1) is 11.7 Å². The van der Waals surface area contributed by atoms with Crippen LogP contribution in [0.5, 0.6) is 0 Å². The Morgan fingerprint density at radius 3 is 2.59 bits per heavy atom. The maximum Gasteiger partial charge on any atom is 0.141 e. The van der Waals surface area contributed by atoms with Crippen LogP contribution in [0.15, 0.2) is 18.2 Å². The molecule has 1 N–H and O–H groups in total. The molecule has 0 spiro atoms. The summed E-state index contributed by atoms with van der Waals surface area (Å²) in [5, 5.41) is 3.67. The highest BCUT2D eigenvalue weighted by Crippen LogP contribution is 2.18. The topological polar surface area (TPSA) is 12.0 Å². The molecule has 0 heterocycles. The molecule has 1 rings (SSSR count). The van der Waals surface area contributed by atoms with Crippen molar-refractivity contribution < 1.29 is 4.39 Å². The first-order valence-corrected chi connectivity index (χ1v) is 6.58. The third kappa shape index (κ3) is 5.05. The lowest BCUT2D eigenvalue weighted by Crippen LogP contribution is -2.32. The zero-order valence-electron chi connectivity index (χ0n) is 10.8. The third-order valence-electron chi connectivity index (χ3n) is 2.71. The first-order chi connectivity index (χ1) is 8.02. The van der Waals surface area contributed by atoms with Crippen LogP contribution in [0.2, 0.25) is 5.02 Å². The van der Waals surface area contributed by atoms with E-state index in [0.717, 1.165) is 24.9 Å². The van der Waals surface area contributed by atoms with Crippen molar-refractivity contribution >= 4 is 11.6 Å². The number of benzene rings is 1. The van der Waals surface area contributed by atoms with Gasteiger partial charge in [-0.25, -0.2) is 4.39 Å². The minimum Gasteiger partial charge on any atom is -0.314 e.